The molecule has 3 aromatic carbocycles. The molecule has 7 nitrogen and oxygen atoms in total. The van der Waals surface area contributed by atoms with Gasteiger partial charge in [0, 0.05) is 49.6 Å². The first-order valence-corrected chi connectivity index (χ1v) is 13.0. The Hall–Kier alpha value is -4.08. The lowest BCUT2D eigenvalue weighted by molar-refractivity contribution is -0.110. The summed E-state index contributed by atoms with van der Waals surface area (Å²) in [5.41, 5.74) is 3.40. The Labute approximate surface area is 224 Å². The first-order valence-electron chi connectivity index (χ1n) is 13.0. The van der Waals surface area contributed by atoms with E-state index in [1.165, 1.54) is 12.1 Å². The fourth-order valence-corrected chi connectivity index (χ4v) is 5.30. The van der Waals surface area contributed by atoms with Crippen LogP contribution in [0.3, 0.4) is 0 Å². The Kier molecular flexibility index (Phi) is 6.85. The fourth-order valence-electron chi connectivity index (χ4n) is 5.30. The maximum atomic E-state index is 14.4. The number of amides is 1. The number of aromatic amines is 1. The normalized spacial score (nSPS) is 17.4. The van der Waals surface area contributed by atoms with Gasteiger partial charge in [0.05, 0.1) is 23.2 Å². The number of anilines is 1. The number of aromatic nitrogens is 2. The van der Waals surface area contributed by atoms with Gasteiger partial charge in [-0.05, 0) is 60.9 Å². The highest BCUT2D eigenvalue weighted by molar-refractivity contribution is 6.38. The predicted molar refractivity (Wildman–Crippen MR) is 145 cm³/mol. The average Bonchev–Trinajstić information content (AvgIpc) is 3.49. The van der Waals surface area contributed by atoms with Gasteiger partial charge < -0.3 is 24.7 Å². The smallest absolute Gasteiger partial charge is 0.257 e. The van der Waals surface area contributed by atoms with Crippen molar-refractivity contribution in [3.8, 4) is 5.75 Å². The maximum Gasteiger partial charge on any atom is 0.257 e. The minimum atomic E-state index is -0.744. The zero-order chi connectivity index (χ0) is 26.9. The van der Waals surface area contributed by atoms with E-state index >= 15 is 0 Å². The summed E-state index contributed by atoms with van der Waals surface area (Å²) in [6.45, 7) is 3.45. The Bertz CT molecular complexity index is 1520. The van der Waals surface area contributed by atoms with Gasteiger partial charge in [0.1, 0.15) is 29.3 Å². The molecule has 1 fully saturated rings. The van der Waals surface area contributed by atoms with E-state index in [-0.39, 0.29) is 23.1 Å². The van der Waals surface area contributed by atoms with E-state index in [2.05, 4.69) is 20.2 Å². The molecular formula is C30H28F2N4O3. The molecule has 0 radical (unpaired) electrons. The predicted octanol–water partition coefficient (Wildman–Crippen LogP) is 5.24. The van der Waals surface area contributed by atoms with Crippen LogP contribution in [0.25, 0.3) is 22.2 Å². The summed E-state index contributed by atoms with van der Waals surface area (Å²) in [7, 11) is 1.70. The third-order valence-corrected chi connectivity index (χ3v) is 7.21. The lowest BCUT2D eigenvalue weighted by Crippen LogP contribution is -2.39. The molecule has 1 saturated heterocycles. The minimum absolute atomic E-state index is 0.0477. The van der Waals surface area contributed by atoms with Crippen LogP contribution in [-0.4, -0.2) is 60.2 Å². The molecule has 1 aromatic heterocycles. The summed E-state index contributed by atoms with van der Waals surface area (Å²) in [4.78, 5) is 23.6. The number of hydrogen-bond donors (Lipinski definition) is 2. The summed E-state index contributed by atoms with van der Waals surface area (Å²) in [5, 5.41) is 2.89. The van der Waals surface area contributed by atoms with Crippen molar-refractivity contribution in [2.45, 2.75) is 18.9 Å². The number of imidazole rings is 1. The van der Waals surface area contributed by atoms with Crippen molar-refractivity contribution in [1.82, 2.24) is 14.9 Å². The number of carbonyl (C=O) groups is 1. The van der Waals surface area contributed by atoms with Crippen LogP contribution in [0.5, 0.6) is 5.75 Å². The second kappa shape index (κ2) is 10.6. The topological polar surface area (TPSA) is 79.5 Å². The number of benzene rings is 3. The number of carbonyl (C=O) groups excluding carboxylic acids is 1. The van der Waals surface area contributed by atoms with Crippen LogP contribution >= 0.6 is 0 Å². The van der Waals surface area contributed by atoms with Crippen molar-refractivity contribution in [2.75, 3.05) is 38.7 Å². The quantitative estimate of drug-likeness (QED) is 0.320. The van der Waals surface area contributed by atoms with Gasteiger partial charge in [-0.1, -0.05) is 12.1 Å². The SMILES string of the molecule is COCCN1CCC(Oc2ccc3c(c2)/C(=C(\c2cc(F)cc(F)c2)c2nc4ccccc4[nH]2)C(=O)N3)CC1. The molecule has 0 spiro atoms. The highest BCUT2D eigenvalue weighted by Gasteiger charge is 2.31. The second-order valence-corrected chi connectivity index (χ2v) is 9.82. The van der Waals surface area contributed by atoms with Crippen molar-refractivity contribution in [2.24, 2.45) is 0 Å². The largest absolute Gasteiger partial charge is 0.490 e. The zero-order valence-electron chi connectivity index (χ0n) is 21.5. The molecule has 200 valence electrons. The molecular weight excluding hydrogens is 502 g/mol. The molecule has 2 aliphatic rings. The van der Waals surface area contributed by atoms with E-state index in [1.54, 1.807) is 13.2 Å². The molecule has 0 unspecified atom stereocenters. The molecule has 0 bridgehead atoms. The molecule has 6 rings (SSSR count). The number of nitrogens with zero attached hydrogens (tertiary/aromatic N) is 2. The summed E-state index contributed by atoms with van der Waals surface area (Å²) in [6, 6.07) is 16.1. The molecule has 2 aliphatic heterocycles. The van der Waals surface area contributed by atoms with E-state index in [0.29, 0.717) is 40.5 Å². The van der Waals surface area contributed by atoms with Gasteiger partial charge in [0.2, 0.25) is 0 Å². The number of piperidine rings is 1. The number of likely N-dealkylation sites (tertiary alicyclic amines) is 1. The number of ether oxygens (including phenoxy) is 2. The Morgan fingerprint density at radius 3 is 2.56 bits per heavy atom. The summed E-state index contributed by atoms with van der Waals surface area (Å²) in [5.74, 6) is -0.895. The van der Waals surface area contributed by atoms with Crippen molar-refractivity contribution in [1.29, 1.82) is 0 Å². The van der Waals surface area contributed by atoms with Crippen LogP contribution in [0.1, 0.15) is 29.8 Å². The number of halogens is 2. The standard InChI is InChI=1S/C30H28F2N4O3/c1-38-13-12-36-10-8-21(9-11-36)39-22-6-7-24-23(17-22)28(30(37)35-24)27(18-14-19(31)16-20(32)15-18)29-33-25-4-2-3-5-26(25)34-29/h2-7,14-17,21H,8-13H2,1H3,(H,33,34)(H,35,37)/b28-27-. The van der Waals surface area contributed by atoms with E-state index < -0.39 is 11.6 Å². The van der Waals surface area contributed by atoms with Gasteiger partial charge in [-0.25, -0.2) is 13.8 Å². The lowest BCUT2D eigenvalue weighted by Gasteiger charge is -2.32. The molecule has 1 amide bonds. The number of nitrogens with one attached hydrogen (secondary N) is 2. The van der Waals surface area contributed by atoms with E-state index in [9.17, 15) is 13.6 Å². The number of para-hydroxylation sites is 2. The fraction of sp³-hybridized carbons (Fsp3) is 0.267. The maximum absolute atomic E-state index is 14.4. The molecule has 3 heterocycles. The van der Waals surface area contributed by atoms with Crippen molar-refractivity contribution in [3.63, 3.8) is 0 Å². The van der Waals surface area contributed by atoms with Crippen LogP contribution in [0.2, 0.25) is 0 Å². The third-order valence-electron chi connectivity index (χ3n) is 7.21. The van der Waals surface area contributed by atoms with Gasteiger partial charge >= 0.3 is 0 Å². The van der Waals surface area contributed by atoms with Crippen molar-refractivity contribution in [3.05, 3.63) is 89.2 Å². The first kappa shape index (κ1) is 25.2. The molecule has 39 heavy (non-hydrogen) atoms. The molecule has 0 saturated carbocycles. The van der Waals surface area contributed by atoms with Crippen LogP contribution in [0.15, 0.2) is 60.7 Å². The third kappa shape index (κ3) is 5.15. The number of hydrogen-bond acceptors (Lipinski definition) is 5. The Balaban J connectivity index is 1.40. The summed E-state index contributed by atoms with van der Waals surface area (Å²) in [6.07, 6.45) is 1.81. The second-order valence-electron chi connectivity index (χ2n) is 9.82. The van der Waals surface area contributed by atoms with Crippen molar-refractivity contribution < 1.29 is 23.0 Å². The van der Waals surface area contributed by atoms with Gasteiger partial charge in [-0.3, -0.25) is 4.79 Å². The van der Waals surface area contributed by atoms with Gasteiger partial charge in [-0.15, -0.1) is 0 Å². The minimum Gasteiger partial charge on any atom is -0.490 e. The van der Waals surface area contributed by atoms with Crippen LogP contribution in [-0.2, 0) is 9.53 Å². The van der Waals surface area contributed by atoms with Crippen LogP contribution < -0.4 is 10.1 Å². The van der Waals surface area contributed by atoms with Gasteiger partial charge in [-0.2, -0.15) is 0 Å². The van der Waals surface area contributed by atoms with Gasteiger partial charge in [0.25, 0.3) is 5.91 Å². The number of H-pyrrole nitrogens is 1. The first-order chi connectivity index (χ1) is 19.0. The molecule has 9 heteroatoms. The monoisotopic (exact) mass is 530 g/mol. The number of rotatable bonds is 7. The zero-order valence-corrected chi connectivity index (χ0v) is 21.5. The Morgan fingerprint density at radius 2 is 1.82 bits per heavy atom. The highest BCUT2D eigenvalue weighted by atomic mass is 19.1. The Morgan fingerprint density at radius 1 is 1.05 bits per heavy atom. The molecule has 4 aromatic rings. The van der Waals surface area contributed by atoms with E-state index in [1.807, 2.05) is 36.4 Å². The summed E-state index contributed by atoms with van der Waals surface area (Å²) >= 11 is 0. The van der Waals surface area contributed by atoms with Crippen LogP contribution in [0, 0.1) is 11.6 Å². The molecule has 2 N–H and O–H groups in total. The van der Waals surface area contributed by atoms with Gasteiger partial charge in [0.15, 0.2) is 0 Å². The molecule has 0 atom stereocenters. The summed E-state index contributed by atoms with van der Waals surface area (Å²) < 4.78 is 40.3. The van der Waals surface area contributed by atoms with E-state index in [4.69, 9.17) is 9.47 Å². The highest BCUT2D eigenvalue weighted by Crippen LogP contribution is 2.41. The van der Waals surface area contributed by atoms with E-state index in [0.717, 1.165) is 44.1 Å². The number of methoxy groups -OCH3 is 1. The van der Waals surface area contributed by atoms with Crippen molar-refractivity contribution >= 4 is 33.8 Å². The average molecular weight is 531 g/mol. The molecule has 0 aliphatic carbocycles. The lowest BCUT2D eigenvalue weighted by atomic mass is 9.94. The number of fused-ring (bicyclic) bond motifs is 2. The van der Waals surface area contributed by atoms with Crippen LogP contribution in [0.4, 0.5) is 14.5 Å².